The number of carbonyl (C=O) groups is 2. The fourth-order valence-corrected chi connectivity index (χ4v) is 3.32. The van der Waals surface area contributed by atoms with E-state index in [2.05, 4.69) is 20.1 Å². The molecule has 1 fully saturated rings. The predicted octanol–water partition coefficient (Wildman–Crippen LogP) is 1.06. The molecule has 1 N–H and O–H groups in total. The zero-order chi connectivity index (χ0) is 18.5. The van der Waals surface area contributed by atoms with Crippen LogP contribution in [0.25, 0.3) is 0 Å². The standard InChI is InChI=1S/C18H21N5O3/c1-22(12-13-3-2-6-19-10-13)15-5-8-23(16(9-15)18(25)26)17(24)14-4-7-20-21-11-14/h2-4,6-7,10-11,15-16H,5,8-9,12H2,1H3,(H,25,26). The van der Waals surface area contributed by atoms with E-state index in [1.54, 1.807) is 18.5 Å². The van der Waals surface area contributed by atoms with Gasteiger partial charge in [0.05, 0.1) is 18.0 Å². The van der Waals surface area contributed by atoms with Gasteiger partial charge in [0.2, 0.25) is 0 Å². The second-order valence-corrected chi connectivity index (χ2v) is 6.44. The number of likely N-dealkylation sites (tertiary alicyclic amines) is 1. The second kappa shape index (κ2) is 8.01. The highest BCUT2D eigenvalue weighted by Gasteiger charge is 2.37. The molecule has 1 amide bonds. The third-order valence-corrected chi connectivity index (χ3v) is 4.73. The highest BCUT2D eigenvalue weighted by Crippen LogP contribution is 2.24. The van der Waals surface area contributed by atoms with E-state index >= 15 is 0 Å². The number of rotatable bonds is 5. The molecule has 26 heavy (non-hydrogen) atoms. The molecule has 1 saturated heterocycles. The molecule has 0 aliphatic carbocycles. The Balaban J connectivity index is 1.70. The number of aliphatic carboxylic acids is 1. The van der Waals surface area contributed by atoms with Crippen LogP contribution in [0, 0.1) is 0 Å². The van der Waals surface area contributed by atoms with Crippen LogP contribution in [0.1, 0.15) is 28.8 Å². The van der Waals surface area contributed by atoms with Gasteiger partial charge in [0, 0.05) is 31.5 Å². The molecule has 0 saturated carbocycles. The van der Waals surface area contributed by atoms with Gasteiger partial charge < -0.3 is 10.0 Å². The van der Waals surface area contributed by atoms with Gasteiger partial charge in [-0.2, -0.15) is 10.2 Å². The lowest BCUT2D eigenvalue weighted by atomic mass is 9.95. The number of nitrogens with zero attached hydrogens (tertiary/aromatic N) is 5. The van der Waals surface area contributed by atoms with Crippen molar-refractivity contribution in [2.45, 2.75) is 31.5 Å². The predicted molar refractivity (Wildman–Crippen MR) is 93.2 cm³/mol. The lowest BCUT2D eigenvalue weighted by molar-refractivity contribution is -0.144. The molecule has 8 nitrogen and oxygen atoms in total. The van der Waals surface area contributed by atoms with E-state index in [1.165, 1.54) is 17.3 Å². The highest BCUT2D eigenvalue weighted by molar-refractivity contribution is 5.96. The maximum Gasteiger partial charge on any atom is 0.326 e. The molecular weight excluding hydrogens is 334 g/mol. The Labute approximate surface area is 151 Å². The Kier molecular flexibility index (Phi) is 5.52. The van der Waals surface area contributed by atoms with Crippen molar-refractivity contribution < 1.29 is 14.7 Å². The van der Waals surface area contributed by atoms with Crippen molar-refractivity contribution >= 4 is 11.9 Å². The molecule has 8 heteroatoms. The molecule has 2 aromatic heterocycles. The van der Waals surface area contributed by atoms with Gasteiger partial charge >= 0.3 is 5.97 Å². The van der Waals surface area contributed by atoms with E-state index in [4.69, 9.17) is 0 Å². The minimum absolute atomic E-state index is 0.0796. The van der Waals surface area contributed by atoms with E-state index < -0.39 is 12.0 Å². The van der Waals surface area contributed by atoms with Crippen molar-refractivity contribution in [1.82, 2.24) is 25.0 Å². The number of carboxylic acids is 1. The molecule has 0 aromatic carbocycles. The molecular formula is C18H21N5O3. The van der Waals surface area contributed by atoms with Crippen molar-refractivity contribution in [2.75, 3.05) is 13.6 Å². The van der Waals surface area contributed by atoms with Crippen molar-refractivity contribution in [3.63, 3.8) is 0 Å². The molecule has 3 heterocycles. The Morgan fingerprint density at radius 1 is 1.27 bits per heavy atom. The maximum atomic E-state index is 12.7. The van der Waals surface area contributed by atoms with Crippen LogP contribution in [0.15, 0.2) is 43.0 Å². The molecule has 0 bridgehead atoms. The van der Waals surface area contributed by atoms with Gasteiger partial charge in [-0.3, -0.25) is 14.7 Å². The van der Waals surface area contributed by atoms with Gasteiger partial charge in [-0.05, 0) is 37.6 Å². The first-order chi connectivity index (χ1) is 12.6. The van der Waals surface area contributed by atoms with Gasteiger partial charge in [-0.15, -0.1) is 0 Å². The topological polar surface area (TPSA) is 99.5 Å². The summed E-state index contributed by atoms with van der Waals surface area (Å²) in [6.07, 6.45) is 7.42. The van der Waals surface area contributed by atoms with Crippen LogP contribution in [0.3, 0.4) is 0 Å². The SMILES string of the molecule is CN(Cc1cccnc1)C1CCN(C(=O)c2ccnnc2)C(C(=O)O)C1. The zero-order valence-electron chi connectivity index (χ0n) is 14.5. The summed E-state index contributed by atoms with van der Waals surface area (Å²) >= 11 is 0. The fraction of sp³-hybridized carbons (Fsp3) is 0.389. The van der Waals surface area contributed by atoms with Crippen LogP contribution < -0.4 is 0 Å². The minimum Gasteiger partial charge on any atom is -0.480 e. The Morgan fingerprint density at radius 2 is 2.12 bits per heavy atom. The van der Waals surface area contributed by atoms with E-state index in [0.717, 1.165) is 5.56 Å². The van der Waals surface area contributed by atoms with Crippen molar-refractivity contribution in [3.05, 3.63) is 54.1 Å². The molecule has 2 atom stereocenters. The van der Waals surface area contributed by atoms with Gasteiger partial charge in [0.1, 0.15) is 6.04 Å². The molecule has 136 valence electrons. The zero-order valence-corrected chi connectivity index (χ0v) is 14.5. The normalized spacial score (nSPS) is 20.2. The molecule has 1 aliphatic rings. The summed E-state index contributed by atoms with van der Waals surface area (Å²) in [5.74, 6) is -1.31. The largest absolute Gasteiger partial charge is 0.480 e. The lowest BCUT2D eigenvalue weighted by Gasteiger charge is -2.40. The van der Waals surface area contributed by atoms with Crippen LogP contribution in [-0.4, -0.2) is 67.6 Å². The maximum absolute atomic E-state index is 12.7. The van der Waals surface area contributed by atoms with E-state index in [-0.39, 0.29) is 11.9 Å². The van der Waals surface area contributed by atoms with Crippen LogP contribution in [0.5, 0.6) is 0 Å². The summed E-state index contributed by atoms with van der Waals surface area (Å²) < 4.78 is 0. The number of aromatic nitrogens is 3. The smallest absolute Gasteiger partial charge is 0.326 e. The summed E-state index contributed by atoms with van der Waals surface area (Å²) in [5, 5.41) is 17.0. The van der Waals surface area contributed by atoms with E-state index in [1.807, 2.05) is 19.2 Å². The first-order valence-corrected chi connectivity index (χ1v) is 8.46. The van der Waals surface area contributed by atoms with Gasteiger partial charge in [0.25, 0.3) is 5.91 Å². The van der Waals surface area contributed by atoms with Crippen molar-refractivity contribution in [3.8, 4) is 0 Å². The Morgan fingerprint density at radius 3 is 2.77 bits per heavy atom. The monoisotopic (exact) mass is 355 g/mol. The second-order valence-electron chi connectivity index (χ2n) is 6.44. The van der Waals surface area contributed by atoms with Crippen LogP contribution in [-0.2, 0) is 11.3 Å². The number of carboxylic acid groups (broad SMARTS) is 1. The van der Waals surface area contributed by atoms with Crippen molar-refractivity contribution in [1.29, 1.82) is 0 Å². The van der Waals surface area contributed by atoms with E-state index in [0.29, 0.717) is 31.5 Å². The quantitative estimate of drug-likeness (QED) is 0.856. The minimum atomic E-state index is -0.986. The van der Waals surface area contributed by atoms with Gasteiger partial charge in [-0.25, -0.2) is 4.79 Å². The van der Waals surface area contributed by atoms with Crippen LogP contribution in [0.2, 0.25) is 0 Å². The number of hydrogen-bond donors (Lipinski definition) is 1. The van der Waals surface area contributed by atoms with Gasteiger partial charge in [-0.1, -0.05) is 6.07 Å². The molecule has 2 unspecified atom stereocenters. The summed E-state index contributed by atoms with van der Waals surface area (Å²) in [4.78, 5) is 32.1. The molecule has 1 aliphatic heterocycles. The summed E-state index contributed by atoms with van der Waals surface area (Å²) in [6, 6.07) is 4.65. The first kappa shape index (κ1) is 17.9. The van der Waals surface area contributed by atoms with Crippen LogP contribution >= 0.6 is 0 Å². The summed E-state index contributed by atoms with van der Waals surface area (Å²) in [6.45, 7) is 1.08. The number of pyridine rings is 1. The number of amides is 1. The molecule has 2 aromatic rings. The molecule has 3 rings (SSSR count). The third-order valence-electron chi connectivity index (χ3n) is 4.73. The van der Waals surface area contributed by atoms with Gasteiger partial charge in [0.15, 0.2) is 0 Å². The number of piperidine rings is 1. The molecule has 0 radical (unpaired) electrons. The molecule has 0 spiro atoms. The lowest BCUT2D eigenvalue weighted by Crippen LogP contribution is -2.54. The Hall–Kier alpha value is -2.87. The van der Waals surface area contributed by atoms with Crippen molar-refractivity contribution in [2.24, 2.45) is 0 Å². The average Bonchev–Trinajstić information content (AvgIpc) is 2.68. The first-order valence-electron chi connectivity index (χ1n) is 8.46. The highest BCUT2D eigenvalue weighted by atomic mass is 16.4. The fourth-order valence-electron chi connectivity index (χ4n) is 3.32. The third kappa shape index (κ3) is 4.02. The van der Waals surface area contributed by atoms with Crippen LogP contribution in [0.4, 0.5) is 0 Å². The number of hydrogen-bond acceptors (Lipinski definition) is 6. The summed E-state index contributed by atoms with van der Waals surface area (Å²) in [7, 11) is 1.97. The van der Waals surface area contributed by atoms with E-state index in [9.17, 15) is 14.7 Å². The Bertz CT molecular complexity index is 756. The average molecular weight is 355 g/mol. The summed E-state index contributed by atoms with van der Waals surface area (Å²) in [5.41, 5.74) is 1.43. The number of carbonyl (C=O) groups excluding carboxylic acids is 1.